The second-order valence-electron chi connectivity index (χ2n) is 5.60. The van der Waals surface area contributed by atoms with E-state index < -0.39 is 0 Å². The van der Waals surface area contributed by atoms with Crippen molar-refractivity contribution in [1.29, 1.82) is 0 Å². The number of hydrogen-bond acceptors (Lipinski definition) is 5. The maximum absolute atomic E-state index is 12.5. The van der Waals surface area contributed by atoms with Crippen molar-refractivity contribution in [3.05, 3.63) is 47.5 Å². The lowest BCUT2D eigenvalue weighted by Gasteiger charge is -2.12. The third-order valence-corrected chi connectivity index (χ3v) is 3.78. The van der Waals surface area contributed by atoms with E-state index in [2.05, 4.69) is 5.32 Å². The number of ether oxygens (including phenoxy) is 4. The summed E-state index contributed by atoms with van der Waals surface area (Å²) < 4.78 is 21.5. The van der Waals surface area contributed by atoms with Crippen LogP contribution in [0, 0.1) is 0 Å². The number of anilines is 1. The molecule has 3 rings (SSSR count). The molecule has 1 N–H and O–H groups in total. The number of benzene rings is 2. The maximum atomic E-state index is 12.5. The van der Waals surface area contributed by atoms with Gasteiger partial charge in [-0.1, -0.05) is 6.92 Å². The number of amides is 1. The normalized spacial score (nSPS) is 12.1. The molecule has 2 aromatic rings. The predicted molar refractivity (Wildman–Crippen MR) is 93.5 cm³/mol. The largest absolute Gasteiger partial charge is 0.496 e. The lowest BCUT2D eigenvalue weighted by atomic mass is 10.1. The average Bonchev–Trinajstić information content (AvgIpc) is 3.09. The number of fused-ring (bicyclic) bond motifs is 1. The maximum Gasteiger partial charge on any atom is 0.255 e. The van der Waals surface area contributed by atoms with Crippen molar-refractivity contribution in [1.82, 2.24) is 0 Å². The van der Waals surface area contributed by atoms with Gasteiger partial charge in [-0.2, -0.15) is 0 Å². The molecule has 6 nitrogen and oxygen atoms in total. The Labute approximate surface area is 146 Å². The van der Waals surface area contributed by atoms with Crippen LogP contribution in [-0.4, -0.2) is 26.4 Å². The fourth-order valence-electron chi connectivity index (χ4n) is 2.54. The van der Waals surface area contributed by atoms with Gasteiger partial charge in [-0.3, -0.25) is 4.79 Å². The van der Waals surface area contributed by atoms with E-state index in [0.717, 1.165) is 12.0 Å². The second kappa shape index (κ2) is 7.90. The van der Waals surface area contributed by atoms with E-state index in [1.54, 1.807) is 43.5 Å². The first-order valence-corrected chi connectivity index (χ1v) is 8.17. The third-order valence-electron chi connectivity index (χ3n) is 3.78. The summed E-state index contributed by atoms with van der Waals surface area (Å²) in [5.41, 5.74) is 2.02. The van der Waals surface area contributed by atoms with Gasteiger partial charge in [0.25, 0.3) is 5.91 Å². The molecule has 1 amide bonds. The highest BCUT2D eigenvalue weighted by Crippen LogP contribution is 2.34. The minimum atomic E-state index is -0.210. The smallest absolute Gasteiger partial charge is 0.255 e. The molecule has 0 aliphatic carbocycles. The molecule has 1 aliphatic rings. The number of carbonyl (C=O) groups excluding carboxylic acids is 1. The third kappa shape index (κ3) is 4.03. The van der Waals surface area contributed by atoms with Crippen LogP contribution in [0.25, 0.3) is 0 Å². The minimum Gasteiger partial charge on any atom is -0.496 e. The molecule has 2 aromatic carbocycles. The Bertz CT molecular complexity index is 759. The van der Waals surface area contributed by atoms with Crippen molar-refractivity contribution >= 4 is 11.6 Å². The number of rotatable bonds is 7. The van der Waals surface area contributed by atoms with Gasteiger partial charge in [0.2, 0.25) is 6.79 Å². The fourth-order valence-corrected chi connectivity index (χ4v) is 2.54. The molecule has 0 saturated carbocycles. The minimum absolute atomic E-state index is 0.201. The summed E-state index contributed by atoms with van der Waals surface area (Å²) >= 11 is 0. The van der Waals surface area contributed by atoms with Crippen LogP contribution in [0.1, 0.15) is 29.3 Å². The van der Waals surface area contributed by atoms with Gasteiger partial charge in [0.05, 0.1) is 13.7 Å². The summed E-state index contributed by atoms with van der Waals surface area (Å²) in [4.78, 5) is 12.5. The van der Waals surface area contributed by atoms with E-state index in [9.17, 15) is 4.79 Å². The molecule has 6 heteroatoms. The summed E-state index contributed by atoms with van der Waals surface area (Å²) in [6.45, 7) is 3.32. The highest BCUT2D eigenvalue weighted by molar-refractivity contribution is 6.04. The number of hydrogen-bond donors (Lipinski definition) is 1. The molecule has 132 valence electrons. The topological polar surface area (TPSA) is 66.0 Å². The van der Waals surface area contributed by atoms with Crippen molar-refractivity contribution in [2.24, 2.45) is 0 Å². The van der Waals surface area contributed by atoms with Crippen LogP contribution in [-0.2, 0) is 11.3 Å². The van der Waals surface area contributed by atoms with Crippen LogP contribution in [0.4, 0.5) is 5.69 Å². The Morgan fingerprint density at radius 1 is 1.16 bits per heavy atom. The zero-order chi connectivity index (χ0) is 17.6. The molecule has 0 fully saturated rings. The fraction of sp³-hybridized carbons (Fsp3) is 0.316. The molecule has 25 heavy (non-hydrogen) atoms. The van der Waals surface area contributed by atoms with Gasteiger partial charge in [-0.25, -0.2) is 0 Å². The molecular weight excluding hydrogens is 322 g/mol. The van der Waals surface area contributed by atoms with E-state index >= 15 is 0 Å². The molecule has 0 spiro atoms. The van der Waals surface area contributed by atoms with Gasteiger partial charge in [0.1, 0.15) is 5.75 Å². The zero-order valence-corrected chi connectivity index (χ0v) is 14.3. The predicted octanol–water partition coefficient (Wildman–Crippen LogP) is 3.60. The van der Waals surface area contributed by atoms with Gasteiger partial charge in [0, 0.05) is 29.5 Å². The Morgan fingerprint density at radius 2 is 2.00 bits per heavy atom. The Hall–Kier alpha value is -2.73. The van der Waals surface area contributed by atoms with E-state index in [1.807, 2.05) is 6.92 Å². The molecule has 0 atom stereocenters. The standard InChI is InChI=1S/C19H21NO5/c1-3-8-23-11-14-9-13(4-6-16(14)22-2)19(21)20-15-5-7-17-18(10-15)25-12-24-17/h4-7,9-10H,3,8,11-12H2,1-2H3,(H,20,21). The Morgan fingerprint density at radius 3 is 2.80 bits per heavy atom. The lowest BCUT2D eigenvalue weighted by Crippen LogP contribution is -2.12. The first-order chi connectivity index (χ1) is 12.2. The molecule has 0 bridgehead atoms. The molecule has 0 radical (unpaired) electrons. The van der Waals surface area contributed by atoms with Crippen LogP contribution >= 0.6 is 0 Å². The van der Waals surface area contributed by atoms with Gasteiger partial charge in [-0.15, -0.1) is 0 Å². The van der Waals surface area contributed by atoms with Crippen molar-refractivity contribution in [3.63, 3.8) is 0 Å². The van der Waals surface area contributed by atoms with Crippen LogP contribution in [0.3, 0.4) is 0 Å². The summed E-state index contributed by atoms with van der Waals surface area (Å²) in [7, 11) is 1.60. The highest BCUT2D eigenvalue weighted by atomic mass is 16.7. The number of carbonyl (C=O) groups is 1. The monoisotopic (exact) mass is 343 g/mol. The lowest BCUT2D eigenvalue weighted by molar-refractivity contribution is 0.102. The van der Waals surface area contributed by atoms with Gasteiger partial charge in [0.15, 0.2) is 11.5 Å². The van der Waals surface area contributed by atoms with Crippen molar-refractivity contribution in [2.75, 3.05) is 25.8 Å². The van der Waals surface area contributed by atoms with Crippen LogP contribution < -0.4 is 19.5 Å². The quantitative estimate of drug-likeness (QED) is 0.778. The molecule has 1 heterocycles. The van der Waals surface area contributed by atoms with E-state index in [-0.39, 0.29) is 12.7 Å². The van der Waals surface area contributed by atoms with Gasteiger partial charge >= 0.3 is 0 Å². The summed E-state index contributed by atoms with van der Waals surface area (Å²) in [6.07, 6.45) is 0.937. The Balaban J connectivity index is 1.73. The average molecular weight is 343 g/mol. The van der Waals surface area contributed by atoms with Crippen molar-refractivity contribution in [2.45, 2.75) is 20.0 Å². The molecule has 0 unspecified atom stereocenters. The first kappa shape index (κ1) is 17.1. The summed E-state index contributed by atoms with van der Waals surface area (Å²) in [5, 5.41) is 2.86. The first-order valence-electron chi connectivity index (χ1n) is 8.17. The van der Waals surface area contributed by atoms with Crippen molar-refractivity contribution < 1.29 is 23.7 Å². The SMILES string of the molecule is CCCOCc1cc(C(=O)Nc2ccc3c(c2)OCO3)ccc1OC. The molecule has 0 aromatic heterocycles. The Kier molecular flexibility index (Phi) is 5.40. The highest BCUT2D eigenvalue weighted by Gasteiger charge is 2.15. The summed E-state index contributed by atoms with van der Waals surface area (Å²) in [6, 6.07) is 10.6. The molecule has 1 aliphatic heterocycles. The van der Waals surface area contributed by atoms with E-state index in [1.165, 1.54) is 0 Å². The van der Waals surface area contributed by atoms with Crippen LogP contribution in [0.15, 0.2) is 36.4 Å². The summed E-state index contributed by atoms with van der Waals surface area (Å²) in [5.74, 6) is 1.80. The van der Waals surface area contributed by atoms with Gasteiger partial charge in [-0.05, 0) is 36.8 Å². The van der Waals surface area contributed by atoms with Crippen LogP contribution in [0.2, 0.25) is 0 Å². The van der Waals surface area contributed by atoms with E-state index in [0.29, 0.717) is 41.7 Å². The zero-order valence-electron chi connectivity index (χ0n) is 14.3. The number of nitrogens with one attached hydrogen (secondary N) is 1. The van der Waals surface area contributed by atoms with Crippen LogP contribution in [0.5, 0.6) is 17.2 Å². The second-order valence-corrected chi connectivity index (χ2v) is 5.60. The van der Waals surface area contributed by atoms with E-state index in [4.69, 9.17) is 18.9 Å². The number of methoxy groups -OCH3 is 1. The molecule has 0 saturated heterocycles. The van der Waals surface area contributed by atoms with Crippen molar-refractivity contribution in [3.8, 4) is 17.2 Å². The molecular formula is C19H21NO5. The van der Waals surface area contributed by atoms with Gasteiger partial charge < -0.3 is 24.3 Å².